The largest absolute Gasteiger partial charge is 0.298 e. The van der Waals surface area contributed by atoms with Crippen molar-refractivity contribution in [3.8, 4) is 11.3 Å². The molecule has 0 radical (unpaired) electrons. The number of nitrogens with zero attached hydrogens (tertiary/aromatic N) is 2. The first-order valence-electron chi connectivity index (χ1n) is 8.14. The topological polar surface area (TPSA) is 81.1 Å². The molecule has 26 heavy (non-hydrogen) atoms. The Kier molecular flexibility index (Phi) is 5.29. The Balaban J connectivity index is 1.68. The quantitative estimate of drug-likeness (QED) is 0.722. The van der Waals surface area contributed by atoms with Crippen LogP contribution in [0.3, 0.4) is 0 Å². The van der Waals surface area contributed by atoms with E-state index in [1.54, 1.807) is 12.1 Å². The van der Waals surface area contributed by atoms with Gasteiger partial charge in [0, 0.05) is 24.7 Å². The summed E-state index contributed by atoms with van der Waals surface area (Å²) in [6.07, 6.45) is 1.44. The molecule has 2 aromatic carbocycles. The number of aryl methyl sites for hydroxylation is 1. The molecule has 0 saturated heterocycles. The molecule has 3 rings (SSSR count). The van der Waals surface area contributed by atoms with E-state index in [0.29, 0.717) is 5.69 Å². The molecule has 1 N–H and O–H groups in total. The van der Waals surface area contributed by atoms with Gasteiger partial charge in [-0.3, -0.25) is 9.36 Å². The van der Waals surface area contributed by atoms with Crippen molar-refractivity contribution in [3.63, 3.8) is 0 Å². The molecule has 1 aromatic heterocycles. The normalized spacial score (nSPS) is 11.4. The maximum atomic E-state index is 12.3. The van der Waals surface area contributed by atoms with Crippen LogP contribution in [0.25, 0.3) is 11.3 Å². The standard InChI is InChI=1S/C19H19N3O3S/c1-15-6-5-9-17(12-15)26(24,25)21-10-11-22-14-20-18(13-19(22)23)16-7-3-2-4-8-16/h2-9,12-14,21H,10-11H2,1H3. The molecule has 0 aliphatic carbocycles. The Morgan fingerprint density at radius 2 is 1.81 bits per heavy atom. The van der Waals surface area contributed by atoms with E-state index in [2.05, 4.69) is 9.71 Å². The molecule has 0 aliphatic heterocycles. The summed E-state index contributed by atoms with van der Waals surface area (Å²) in [4.78, 5) is 16.7. The molecular weight excluding hydrogens is 350 g/mol. The number of nitrogens with one attached hydrogen (secondary N) is 1. The predicted octanol–water partition coefficient (Wildman–Crippen LogP) is 2.20. The zero-order valence-electron chi connectivity index (χ0n) is 14.3. The lowest BCUT2D eigenvalue weighted by atomic mass is 10.1. The minimum atomic E-state index is -3.60. The van der Waals surface area contributed by atoms with Crippen LogP contribution in [-0.4, -0.2) is 24.5 Å². The predicted molar refractivity (Wildman–Crippen MR) is 100 cm³/mol. The first kappa shape index (κ1) is 18.0. The highest BCUT2D eigenvalue weighted by molar-refractivity contribution is 7.89. The highest BCUT2D eigenvalue weighted by Crippen LogP contribution is 2.13. The van der Waals surface area contributed by atoms with Crippen LogP contribution in [0.4, 0.5) is 0 Å². The smallest absolute Gasteiger partial charge is 0.253 e. The summed E-state index contributed by atoms with van der Waals surface area (Å²) in [7, 11) is -3.60. The first-order chi connectivity index (χ1) is 12.5. The second kappa shape index (κ2) is 7.63. The van der Waals surface area contributed by atoms with E-state index >= 15 is 0 Å². The van der Waals surface area contributed by atoms with Crippen molar-refractivity contribution >= 4 is 10.0 Å². The van der Waals surface area contributed by atoms with E-state index in [-0.39, 0.29) is 23.5 Å². The fraction of sp³-hybridized carbons (Fsp3) is 0.158. The molecule has 0 fully saturated rings. The molecule has 6 nitrogen and oxygen atoms in total. The molecule has 7 heteroatoms. The van der Waals surface area contributed by atoms with Crippen LogP contribution in [0.1, 0.15) is 5.56 Å². The molecule has 0 aliphatic rings. The molecule has 0 atom stereocenters. The number of benzene rings is 2. The minimum absolute atomic E-state index is 0.0997. The summed E-state index contributed by atoms with van der Waals surface area (Å²) in [5, 5.41) is 0. The number of hydrogen-bond donors (Lipinski definition) is 1. The van der Waals surface area contributed by atoms with Crippen LogP contribution >= 0.6 is 0 Å². The summed E-state index contributed by atoms with van der Waals surface area (Å²) in [6, 6.07) is 17.5. The van der Waals surface area contributed by atoms with Gasteiger partial charge in [-0.2, -0.15) is 0 Å². The van der Waals surface area contributed by atoms with Crippen LogP contribution in [0.2, 0.25) is 0 Å². The van der Waals surface area contributed by atoms with Crippen LogP contribution in [0, 0.1) is 6.92 Å². The number of aromatic nitrogens is 2. The van der Waals surface area contributed by atoms with Gasteiger partial charge in [0.05, 0.1) is 16.9 Å². The van der Waals surface area contributed by atoms with Crippen LogP contribution in [-0.2, 0) is 16.6 Å². The summed E-state index contributed by atoms with van der Waals surface area (Å²) in [6.45, 7) is 2.13. The van der Waals surface area contributed by atoms with Crippen molar-refractivity contribution in [3.05, 3.63) is 82.9 Å². The Bertz CT molecular complexity index is 1060. The zero-order chi connectivity index (χ0) is 18.6. The highest BCUT2D eigenvalue weighted by Gasteiger charge is 2.13. The van der Waals surface area contributed by atoms with Crippen molar-refractivity contribution in [2.75, 3.05) is 6.54 Å². The SMILES string of the molecule is Cc1cccc(S(=O)(=O)NCCn2cnc(-c3ccccc3)cc2=O)c1. The summed E-state index contributed by atoms with van der Waals surface area (Å²) >= 11 is 0. The lowest BCUT2D eigenvalue weighted by Crippen LogP contribution is -2.31. The van der Waals surface area contributed by atoms with Crippen LogP contribution in [0.15, 0.2) is 76.7 Å². The molecule has 1 heterocycles. The van der Waals surface area contributed by atoms with Crippen LogP contribution in [0.5, 0.6) is 0 Å². The molecule has 0 amide bonds. The third-order valence-corrected chi connectivity index (χ3v) is 5.35. The molecule has 134 valence electrons. The fourth-order valence-electron chi connectivity index (χ4n) is 2.53. The van der Waals surface area contributed by atoms with E-state index in [9.17, 15) is 13.2 Å². The maximum absolute atomic E-state index is 12.3. The van der Waals surface area contributed by atoms with Gasteiger partial charge in [-0.05, 0) is 24.6 Å². The van der Waals surface area contributed by atoms with Gasteiger partial charge in [0.1, 0.15) is 0 Å². The third-order valence-electron chi connectivity index (χ3n) is 3.89. The second-order valence-corrected chi connectivity index (χ2v) is 7.65. The second-order valence-electron chi connectivity index (χ2n) is 5.89. The van der Waals surface area contributed by atoms with Crippen LogP contribution < -0.4 is 10.3 Å². The van der Waals surface area contributed by atoms with E-state index in [4.69, 9.17) is 0 Å². The fourth-order valence-corrected chi connectivity index (χ4v) is 3.65. The molecule has 0 saturated carbocycles. The molecule has 3 aromatic rings. The maximum Gasteiger partial charge on any atom is 0.253 e. The molecule has 0 spiro atoms. The summed E-state index contributed by atoms with van der Waals surface area (Å²) < 4.78 is 28.5. The van der Waals surface area contributed by atoms with Crippen molar-refractivity contribution in [1.82, 2.24) is 14.3 Å². The average molecular weight is 369 g/mol. The van der Waals surface area contributed by atoms with Crippen molar-refractivity contribution in [2.24, 2.45) is 0 Å². The highest BCUT2D eigenvalue weighted by atomic mass is 32.2. The van der Waals surface area contributed by atoms with E-state index in [1.165, 1.54) is 23.0 Å². The van der Waals surface area contributed by atoms with Crippen molar-refractivity contribution < 1.29 is 8.42 Å². The van der Waals surface area contributed by atoms with E-state index in [1.807, 2.05) is 43.3 Å². The van der Waals surface area contributed by atoms with Crippen molar-refractivity contribution in [1.29, 1.82) is 0 Å². The van der Waals surface area contributed by atoms with Gasteiger partial charge in [0.2, 0.25) is 10.0 Å². The van der Waals surface area contributed by atoms with E-state index in [0.717, 1.165) is 11.1 Å². The van der Waals surface area contributed by atoms with Crippen molar-refractivity contribution in [2.45, 2.75) is 18.4 Å². The Morgan fingerprint density at radius 1 is 1.04 bits per heavy atom. The van der Waals surface area contributed by atoms with Gasteiger partial charge in [-0.25, -0.2) is 18.1 Å². The summed E-state index contributed by atoms with van der Waals surface area (Å²) in [5.41, 5.74) is 2.09. The third kappa shape index (κ3) is 4.25. The molecule has 0 bridgehead atoms. The Hall–Kier alpha value is -2.77. The number of sulfonamides is 1. The van der Waals surface area contributed by atoms with Gasteiger partial charge in [-0.1, -0.05) is 42.5 Å². The molecular formula is C19H19N3O3S. The average Bonchev–Trinajstić information content (AvgIpc) is 2.64. The zero-order valence-corrected chi connectivity index (χ0v) is 15.1. The van der Waals surface area contributed by atoms with Gasteiger partial charge >= 0.3 is 0 Å². The van der Waals surface area contributed by atoms with Gasteiger partial charge in [0.15, 0.2) is 0 Å². The lowest BCUT2D eigenvalue weighted by molar-refractivity contribution is 0.569. The first-order valence-corrected chi connectivity index (χ1v) is 9.62. The monoisotopic (exact) mass is 369 g/mol. The van der Waals surface area contributed by atoms with Gasteiger partial charge in [0.25, 0.3) is 5.56 Å². The number of hydrogen-bond acceptors (Lipinski definition) is 4. The Labute approximate surface area is 152 Å². The van der Waals surface area contributed by atoms with Gasteiger partial charge in [-0.15, -0.1) is 0 Å². The van der Waals surface area contributed by atoms with Gasteiger partial charge < -0.3 is 0 Å². The Morgan fingerprint density at radius 3 is 2.50 bits per heavy atom. The lowest BCUT2D eigenvalue weighted by Gasteiger charge is -2.09. The minimum Gasteiger partial charge on any atom is -0.298 e. The van der Waals surface area contributed by atoms with E-state index < -0.39 is 10.0 Å². The molecule has 0 unspecified atom stereocenters. The summed E-state index contributed by atoms with van der Waals surface area (Å²) in [5.74, 6) is 0. The number of rotatable bonds is 6.